The molecule has 0 aliphatic carbocycles. The van der Waals surface area contributed by atoms with Crippen molar-refractivity contribution >= 4 is 22.8 Å². The molecule has 2 aromatic rings. The summed E-state index contributed by atoms with van der Waals surface area (Å²) < 4.78 is 4.50. The number of aromatic amines is 1. The Morgan fingerprint density at radius 2 is 2.05 bits per heavy atom. The van der Waals surface area contributed by atoms with E-state index in [0.29, 0.717) is 6.54 Å². The molecule has 1 aromatic heterocycles. The van der Waals surface area contributed by atoms with Gasteiger partial charge < -0.3 is 15.0 Å². The Balaban J connectivity index is 1.79. The standard InChI is InChI=1S/C16H20N2O3/c1-11-9-13-10-12(3-4-14(13)18-11)7-8-17-15(19)5-6-16(20)21-2/h3-4,9-10,18H,5-8H2,1-2H3,(H,17,19). The Hall–Kier alpha value is -2.30. The van der Waals surface area contributed by atoms with Crippen LogP contribution in [0.3, 0.4) is 0 Å². The molecule has 2 N–H and O–H groups in total. The number of nitrogens with one attached hydrogen (secondary N) is 2. The molecule has 0 unspecified atom stereocenters. The van der Waals surface area contributed by atoms with Gasteiger partial charge in [0.05, 0.1) is 13.5 Å². The third kappa shape index (κ3) is 4.34. The molecule has 0 bridgehead atoms. The summed E-state index contributed by atoms with van der Waals surface area (Å²) in [5.74, 6) is -0.489. The molecule has 0 aliphatic rings. The number of hydrogen-bond acceptors (Lipinski definition) is 3. The summed E-state index contributed by atoms with van der Waals surface area (Å²) in [5.41, 5.74) is 3.44. The van der Waals surface area contributed by atoms with Crippen molar-refractivity contribution in [1.29, 1.82) is 0 Å². The quantitative estimate of drug-likeness (QED) is 0.800. The predicted octanol–water partition coefficient (Wildman–Crippen LogP) is 2.09. The first kappa shape index (κ1) is 15.1. The Labute approximate surface area is 123 Å². The number of carbonyl (C=O) groups is 2. The van der Waals surface area contributed by atoms with Gasteiger partial charge in [0.2, 0.25) is 5.91 Å². The third-order valence-corrected chi connectivity index (χ3v) is 3.34. The highest BCUT2D eigenvalue weighted by Gasteiger charge is 2.06. The van der Waals surface area contributed by atoms with E-state index in [-0.39, 0.29) is 24.7 Å². The minimum Gasteiger partial charge on any atom is -0.469 e. The monoisotopic (exact) mass is 288 g/mol. The Morgan fingerprint density at radius 3 is 2.81 bits per heavy atom. The zero-order chi connectivity index (χ0) is 15.2. The number of hydrogen-bond donors (Lipinski definition) is 2. The minimum atomic E-state index is -0.363. The van der Waals surface area contributed by atoms with Gasteiger partial charge in [0.1, 0.15) is 0 Å². The summed E-state index contributed by atoms with van der Waals surface area (Å²) in [7, 11) is 1.32. The van der Waals surface area contributed by atoms with E-state index in [9.17, 15) is 9.59 Å². The number of methoxy groups -OCH3 is 1. The second-order valence-corrected chi connectivity index (χ2v) is 5.05. The van der Waals surface area contributed by atoms with Crippen molar-refractivity contribution in [2.24, 2.45) is 0 Å². The number of esters is 1. The highest BCUT2D eigenvalue weighted by Crippen LogP contribution is 2.16. The van der Waals surface area contributed by atoms with Crippen LogP contribution < -0.4 is 5.32 Å². The van der Waals surface area contributed by atoms with Crippen LogP contribution in [0.5, 0.6) is 0 Å². The normalized spacial score (nSPS) is 10.6. The molecular weight excluding hydrogens is 268 g/mol. The van der Waals surface area contributed by atoms with Gasteiger partial charge in [-0.25, -0.2) is 0 Å². The Kier molecular flexibility index (Phi) is 4.98. The van der Waals surface area contributed by atoms with Crippen LogP contribution in [0.2, 0.25) is 0 Å². The number of fused-ring (bicyclic) bond motifs is 1. The van der Waals surface area contributed by atoms with E-state index < -0.39 is 0 Å². The fourth-order valence-electron chi connectivity index (χ4n) is 2.24. The second kappa shape index (κ2) is 6.92. The zero-order valence-electron chi connectivity index (χ0n) is 12.4. The first-order valence-electron chi connectivity index (χ1n) is 7.00. The highest BCUT2D eigenvalue weighted by atomic mass is 16.5. The maximum absolute atomic E-state index is 11.5. The Morgan fingerprint density at radius 1 is 1.24 bits per heavy atom. The summed E-state index contributed by atoms with van der Waals surface area (Å²) >= 11 is 0. The largest absolute Gasteiger partial charge is 0.469 e. The van der Waals surface area contributed by atoms with Crippen LogP contribution in [0.4, 0.5) is 0 Å². The van der Waals surface area contributed by atoms with Crippen molar-refractivity contribution in [1.82, 2.24) is 10.3 Å². The first-order valence-corrected chi connectivity index (χ1v) is 7.00. The molecule has 0 atom stereocenters. The zero-order valence-corrected chi connectivity index (χ0v) is 12.4. The van der Waals surface area contributed by atoms with Crippen molar-refractivity contribution in [3.8, 4) is 0 Å². The molecule has 2 rings (SSSR count). The van der Waals surface area contributed by atoms with E-state index in [4.69, 9.17) is 0 Å². The fourth-order valence-corrected chi connectivity index (χ4v) is 2.24. The summed E-state index contributed by atoms with van der Waals surface area (Å²) in [6, 6.07) is 8.34. The van der Waals surface area contributed by atoms with E-state index in [2.05, 4.69) is 39.3 Å². The lowest BCUT2D eigenvalue weighted by Crippen LogP contribution is -2.26. The van der Waals surface area contributed by atoms with Gasteiger partial charge in [-0.15, -0.1) is 0 Å². The van der Waals surface area contributed by atoms with Crippen molar-refractivity contribution in [3.05, 3.63) is 35.5 Å². The lowest BCUT2D eigenvalue weighted by atomic mass is 10.1. The molecule has 0 saturated heterocycles. The van der Waals surface area contributed by atoms with E-state index >= 15 is 0 Å². The molecule has 0 radical (unpaired) electrons. The molecule has 5 heteroatoms. The smallest absolute Gasteiger partial charge is 0.306 e. The summed E-state index contributed by atoms with van der Waals surface area (Å²) in [5, 5.41) is 3.99. The van der Waals surface area contributed by atoms with Crippen LogP contribution in [-0.4, -0.2) is 30.5 Å². The number of H-pyrrole nitrogens is 1. The number of benzene rings is 1. The van der Waals surface area contributed by atoms with Crippen LogP contribution in [-0.2, 0) is 20.7 Å². The lowest BCUT2D eigenvalue weighted by molar-refractivity contribution is -0.142. The van der Waals surface area contributed by atoms with Gasteiger partial charge in [-0.2, -0.15) is 0 Å². The van der Waals surface area contributed by atoms with E-state index in [0.717, 1.165) is 17.6 Å². The molecule has 1 aromatic carbocycles. The van der Waals surface area contributed by atoms with Gasteiger partial charge in [-0.3, -0.25) is 9.59 Å². The SMILES string of the molecule is COC(=O)CCC(=O)NCCc1ccc2[nH]c(C)cc2c1. The molecule has 5 nitrogen and oxygen atoms in total. The highest BCUT2D eigenvalue weighted by molar-refractivity contribution is 5.82. The number of aryl methyl sites for hydroxylation is 1. The van der Waals surface area contributed by atoms with Crippen LogP contribution in [0.25, 0.3) is 10.9 Å². The molecule has 0 spiro atoms. The van der Waals surface area contributed by atoms with E-state index in [1.165, 1.54) is 18.1 Å². The molecule has 0 fully saturated rings. The second-order valence-electron chi connectivity index (χ2n) is 5.05. The molecule has 0 aliphatic heterocycles. The van der Waals surface area contributed by atoms with Crippen molar-refractivity contribution in [2.75, 3.05) is 13.7 Å². The molecular formula is C16H20N2O3. The van der Waals surface area contributed by atoms with Crippen molar-refractivity contribution < 1.29 is 14.3 Å². The van der Waals surface area contributed by atoms with Gasteiger partial charge in [-0.05, 0) is 42.5 Å². The van der Waals surface area contributed by atoms with Gasteiger partial charge in [-0.1, -0.05) is 6.07 Å². The predicted molar refractivity (Wildman–Crippen MR) is 81.0 cm³/mol. The van der Waals surface area contributed by atoms with Crippen LogP contribution in [0.1, 0.15) is 24.1 Å². The number of carbonyl (C=O) groups excluding carboxylic acids is 2. The summed E-state index contributed by atoms with van der Waals surface area (Å²) in [6.07, 6.45) is 1.06. The first-order chi connectivity index (χ1) is 10.1. The summed E-state index contributed by atoms with van der Waals surface area (Å²) in [4.78, 5) is 25.8. The molecule has 112 valence electrons. The fraction of sp³-hybridized carbons (Fsp3) is 0.375. The molecule has 0 saturated carbocycles. The summed E-state index contributed by atoms with van der Waals surface area (Å²) in [6.45, 7) is 2.59. The molecule has 21 heavy (non-hydrogen) atoms. The van der Waals surface area contributed by atoms with Crippen LogP contribution in [0, 0.1) is 6.92 Å². The maximum atomic E-state index is 11.5. The number of aromatic nitrogens is 1. The average molecular weight is 288 g/mol. The van der Waals surface area contributed by atoms with E-state index in [1.54, 1.807) is 0 Å². The third-order valence-electron chi connectivity index (χ3n) is 3.34. The lowest BCUT2D eigenvalue weighted by Gasteiger charge is -2.05. The number of rotatable bonds is 6. The number of amides is 1. The number of ether oxygens (including phenoxy) is 1. The van der Waals surface area contributed by atoms with Gasteiger partial charge in [0, 0.05) is 24.2 Å². The van der Waals surface area contributed by atoms with Gasteiger partial charge in [0.25, 0.3) is 0 Å². The van der Waals surface area contributed by atoms with Crippen molar-refractivity contribution in [3.63, 3.8) is 0 Å². The van der Waals surface area contributed by atoms with Crippen molar-refractivity contribution in [2.45, 2.75) is 26.2 Å². The Bertz CT molecular complexity index is 646. The molecule has 1 heterocycles. The van der Waals surface area contributed by atoms with Gasteiger partial charge >= 0.3 is 5.97 Å². The van der Waals surface area contributed by atoms with Crippen LogP contribution in [0.15, 0.2) is 24.3 Å². The topological polar surface area (TPSA) is 71.2 Å². The van der Waals surface area contributed by atoms with Gasteiger partial charge in [0.15, 0.2) is 0 Å². The molecule has 1 amide bonds. The maximum Gasteiger partial charge on any atom is 0.306 e. The van der Waals surface area contributed by atoms with Crippen LogP contribution >= 0.6 is 0 Å². The average Bonchev–Trinajstić information content (AvgIpc) is 2.84. The van der Waals surface area contributed by atoms with E-state index in [1.807, 2.05) is 6.92 Å². The minimum absolute atomic E-state index is 0.122.